The van der Waals surface area contributed by atoms with E-state index in [1.165, 1.54) is 13.2 Å². The summed E-state index contributed by atoms with van der Waals surface area (Å²) in [7, 11) is 1.48. The lowest BCUT2D eigenvalue weighted by Crippen LogP contribution is -2.41. The minimum Gasteiger partial charge on any atom is -0.496 e. The molecule has 7 heteroatoms. The highest BCUT2D eigenvalue weighted by Crippen LogP contribution is 2.22. The van der Waals surface area contributed by atoms with E-state index in [0.29, 0.717) is 23.4 Å². The summed E-state index contributed by atoms with van der Waals surface area (Å²) >= 11 is 0. The van der Waals surface area contributed by atoms with Gasteiger partial charge in [-0.25, -0.2) is 4.79 Å². The molecule has 3 N–H and O–H groups in total. The van der Waals surface area contributed by atoms with E-state index in [1.54, 1.807) is 43.3 Å². The summed E-state index contributed by atoms with van der Waals surface area (Å²) in [5.74, 6) is -1.40. The van der Waals surface area contributed by atoms with Crippen molar-refractivity contribution in [3.8, 4) is 5.75 Å². The number of rotatable bonds is 8. The fraction of sp³-hybridized carbons (Fsp3) is 0.318. The molecular formula is C22H26N2O5. The van der Waals surface area contributed by atoms with Crippen LogP contribution in [0.4, 0.5) is 5.69 Å². The van der Waals surface area contributed by atoms with Crippen molar-refractivity contribution in [1.29, 1.82) is 0 Å². The quantitative estimate of drug-likeness (QED) is 0.631. The molecule has 0 saturated heterocycles. The predicted octanol–water partition coefficient (Wildman–Crippen LogP) is 3.49. The first-order chi connectivity index (χ1) is 13.7. The molecular weight excluding hydrogens is 372 g/mol. The average Bonchev–Trinajstić information content (AvgIpc) is 2.68. The molecule has 0 fully saturated rings. The highest BCUT2D eigenvalue weighted by Gasteiger charge is 2.22. The minimum atomic E-state index is -1.08. The van der Waals surface area contributed by atoms with Crippen LogP contribution in [-0.4, -0.2) is 36.0 Å². The maximum atomic E-state index is 12.6. The molecule has 1 atom stereocenters. The van der Waals surface area contributed by atoms with Crippen LogP contribution in [0.5, 0.6) is 5.75 Å². The third kappa shape index (κ3) is 5.81. The van der Waals surface area contributed by atoms with Gasteiger partial charge in [-0.3, -0.25) is 9.59 Å². The van der Waals surface area contributed by atoms with Gasteiger partial charge in [-0.05, 0) is 49.1 Å². The second kappa shape index (κ2) is 9.73. The number of methoxy groups -OCH3 is 1. The van der Waals surface area contributed by atoms with Crippen LogP contribution in [-0.2, 0) is 4.79 Å². The van der Waals surface area contributed by atoms with Crippen molar-refractivity contribution in [2.75, 3.05) is 12.4 Å². The molecule has 0 aliphatic rings. The normalized spacial score (nSPS) is 11.6. The number of hydrogen-bond acceptors (Lipinski definition) is 4. The minimum absolute atomic E-state index is 0.116. The van der Waals surface area contributed by atoms with Crippen molar-refractivity contribution in [3.05, 3.63) is 59.2 Å². The lowest BCUT2D eigenvalue weighted by Gasteiger charge is -2.17. The Morgan fingerprint density at radius 3 is 2.38 bits per heavy atom. The Balaban J connectivity index is 2.21. The molecule has 2 aromatic carbocycles. The number of carboxylic acids is 1. The van der Waals surface area contributed by atoms with Crippen LogP contribution >= 0.6 is 0 Å². The van der Waals surface area contributed by atoms with Gasteiger partial charge in [-0.2, -0.15) is 0 Å². The second-order valence-electron chi connectivity index (χ2n) is 7.18. The largest absolute Gasteiger partial charge is 0.496 e. The Hall–Kier alpha value is -3.35. The van der Waals surface area contributed by atoms with E-state index in [9.17, 15) is 19.5 Å². The van der Waals surface area contributed by atoms with E-state index in [-0.39, 0.29) is 17.4 Å². The molecule has 0 bridgehead atoms. The smallest absolute Gasteiger partial charge is 0.326 e. The molecule has 2 amide bonds. The summed E-state index contributed by atoms with van der Waals surface area (Å²) in [5, 5.41) is 14.7. The third-order valence-corrected chi connectivity index (χ3v) is 4.41. The Morgan fingerprint density at radius 2 is 1.76 bits per heavy atom. The fourth-order valence-electron chi connectivity index (χ4n) is 2.85. The topological polar surface area (TPSA) is 105 Å². The first-order valence-electron chi connectivity index (χ1n) is 9.31. The Morgan fingerprint density at radius 1 is 1.07 bits per heavy atom. The van der Waals surface area contributed by atoms with E-state index in [2.05, 4.69) is 10.6 Å². The second-order valence-corrected chi connectivity index (χ2v) is 7.18. The highest BCUT2D eigenvalue weighted by atomic mass is 16.5. The maximum Gasteiger partial charge on any atom is 0.326 e. The summed E-state index contributed by atoms with van der Waals surface area (Å²) in [6, 6.07) is 10.7. The number of aliphatic carboxylic acids is 1. The fourth-order valence-corrected chi connectivity index (χ4v) is 2.85. The number of amides is 2. The summed E-state index contributed by atoms with van der Waals surface area (Å²) < 4.78 is 5.21. The van der Waals surface area contributed by atoms with Crippen LogP contribution in [0, 0.1) is 12.8 Å². The Kier molecular flexibility index (Phi) is 7.36. The molecule has 0 aliphatic heterocycles. The summed E-state index contributed by atoms with van der Waals surface area (Å²) in [5.41, 5.74) is 1.86. The van der Waals surface area contributed by atoms with Crippen molar-refractivity contribution in [2.45, 2.75) is 33.2 Å². The molecule has 154 valence electrons. The van der Waals surface area contributed by atoms with E-state index in [0.717, 1.165) is 5.56 Å². The summed E-state index contributed by atoms with van der Waals surface area (Å²) in [6.45, 7) is 5.58. The van der Waals surface area contributed by atoms with Gasteiger partial charge in [0.15, 0.2) is 0 Å². The van der Waals surface area contributed by atoms with Gasteiger partial charge in [-0.1, -0.05) is 32.0 Å². The number of benzene rings is 2. The number of para-hydroxylation sites is 1. The SMILES string of the molecule is COc1ccccc1C(=O)Nc1cc(C(=O)NC(CC(C)C)C(=O)O)ccc1C. The van der Waals surface area contributed by atoms with Gasteiger partial charge in [0.25, 0.3) is 11.8 Å². The van der Waals surface area contributed by atoms with Crippen molar-refractivity contribution in [2.24, 2.45) is 5.92 Å². The van der Waals surface area contributed by atoms with Crippen molar-refractivity contribution < 1.29 is 24.2 Å². The Labute approximate surface area is 170 Å². The van der Waals surface area contributed by atoms with Gasteiger partial charge in [-0.15, -0.1) is 0 Å². The van der Waals surface area contributed by atoms with Gasteiger partial charge in [0, 0.05) is 11.3 Å². The molecule has 0 radical (unpaired) electrons. The number of ether oxygens (including phenoxy) is 1. The third-order valence-electron chi connectivity index (χ3n) is 4.41. The van der Waals surface area contributed by atoms with E-state index in [1.807, 2.05) is 13.8 Å². The van der Waals surface area contributed by atoms with Crippen molar-refractivity contribution in [1.82, 2.24) is 5.32 Å². The highest BCUT2D eigenvalue weighted by molar-refractivity contribution is 6.07. The van der Waals surface area contributed by atoms with Gasteiger partial charge >= 0.3 is 5.97 Å². The van der Waals surface area contributed by atoms with Crippen molar-refractivity contribution >= 4 is 23.5 Å². The van der Waals surface area contributed by atoms with Gasteiger partial charge in [0.2, 0.25) is 0 Å². The van der Waals surface area contributed by atoms with Crippen molar-refractivity contribution in [3.63, 3.8) is 0 Å². The maximum absolute atomic E-state index is 12.6. The van der Waals surface area contributed by atoms with Crippen LogP contribution in [0.2, 0.25) is 0 Å². The number of carbonyl (C=O) groups is 3. The number of carbonyl (C=O) groups excluding carboxylic acids is 2. The number of anilines is 1. The van der Waals surface area contributed by atoms with Crippen LogP contribution in [0.1, 0.15) is 46.5 Å². The Bertz CT molecular complexity index is 908. The molecule has 0 aliphatic carbocycles. The molecule has 7 nitrogen and oxygen atoms in total. The van der Waals surface area contributed by atoms with Gasteiger partial charge in [0.05, 0.1) is 12.7 Å². The van der Waals surface area contributed by atoms with Crippen LogP contribution in [0.25, 0.3) is 0 Å². The lowest BCUT2D eigenvalue weighted by atomic mass is 10.0. The molecule has 1 unspecified atom stereocenters. The van der Waals surface area contributed by atoms with E-state index < -0.39 is 17.9 Å². The zero-order chi connectivity index (χ0) is 21.6. The number of aryl methyl sites for hydroxylation is 1. The molecule has 29 heavy (non-hydrogen) atoms. The standard InChI is InChI=1S/C22H26N2O5/c1-13(2)11-18(22(27)28)24-20(25)15-10-9-14(3)17(12-15)23-21(26)16-7-5-6-8-19(16)29-4/h5-10,12-13,18H,11H2,1-4H3,(H,23,26)(H,24,25)(H,27,28). The summed E-state index contributed by atoms with van der Waals surface area (Å²) in [6.07, 6.45) is 0.324. The van der Waals surface area contributed by atoms with Gasteiger partial charge < -0.3 is 20.5 Å². The molecule has 0 saturated carbocycles. The zero-order valence-electron chi connectivity index (χ0n) is 17.0. The van der Waals surface area contributed by atoms with E-state index in [4.69, 9.17) is 4.74 Å². The van der Waals surface area contributed by atoms with Crippen LogP contribution in [0.3, 0.4) is 0 Å². The first-order valence-corrected chi connectivity index (χ1v) is 9.31. The number of hydrogen-bond donors (Lipinski definition) is 3. The molecule has 2 rings (SSSR count). The molecule has 0 aromatic heterocycles. The van der Waals surface area contributed by atoms with Gasteiger partial charge in [0.1, 0.15) is 11.8 Å². The number of carboxylic acid groups (broad SMARTS) is 1. The summed E-state index contributed by atoms with van der Waals surface area (Å²) in [4.78, 5) is 36.6. The zero-order valence-corrected chi connectivity index (χ0v) is 17.0. The lowest BCUT2D eigenvalue weighted by molar-refractivity contribution is -0.139. The molecule has 0 heterocycles. The molecule has 0 spiro atoms. The van der Waals surface area contributed by atoms with Crippen LogP contribution in [0.15, 0.2) is 42.5 Å². The first kappa shape index (κ1) is 21.9. The predicted molar refractivity (Wildman–Crippen MR) is 110 cm³/mol. The monoisotopic (exact) mass is 398 g/mol. The molecule has 2 aromatic rings. The van der Waals surface area contributed by atoms with E-state index >= 15 is 0 Å². The average molecular weight is 398 g/mol. The van der Waals surface area contributed by atoms with Crippen LogP contribution < -0.4 is 15.4 Å². The number of nitrogens with one attached hydrogen (secondary N) is 2.